The van der Waals surface area contributed by atoms with Crippen LogP contribution in [0.25, 0.3) is 11.1 Å². The van der Waals surface area contributed by atoms with Gasteiger partial charge in [-0.1, -0.05) is 168 Å². The lowest BCUT2D eigenvalue weighted by Gasteiger charge is -2.39. The smallest absolute Gasteiger partial charge is 0.338 e. The second-order valence-electron chi connectivity index (χ2n) is 28.8. The molecule has 6 aromatic carbocycles. The summed E-state index contributed by atoms with van der Waals surface area (Å²) in [5.41, 5.74) is 15.6. The number of aromatic carboxylic acids is 1. The highest BCUT2D eigenvalue weighted by Gasteiger charge is 2.45. The highest BCUT2D eigenvalue weighted by molar-refractivity contribution is 6.31. The number of fused-ring (bicyclic) bond motifs is 2. The molecule has 6 aromatic rings. The monoisotopic (exact) mass is 1490 g/mol. The van der Waals surface area contributed by atoms with Gasteiger partial charge in [0.25, 0.3) is 11.8 Å². The van der Waals surface area contributed by atoms with E-state index in [0.29, 0.717) is 74.1 Å². The third-order valence-electron chi connectivity index (χ3n) is 20.1. The van der Waals surface area contributed by atoms with E-state index in [-0.39, 0.29) is 133 Å². The van der Waals surface area contributed by atoms with Gasteiger partial charge in [0, 0.05) is 82.0 Å². The summed E-state index contributed by atoms with van der Waals surface area (Å²) in [6, 6.07) is 31.0. The number of benzene rings is 6. The Morgan fingerprint density at radius 1 is 0.557 bits per heavy atom. The maximum absolute atomic E-state index is 14.9. The number of carboxylic acids is 1. The Kier molecular flexibility index (Phi) is 26.0. The first-order valence-corrected chi connectivity index (χ1v) is 35.9. The van der Waals surface area contributed by atoms with E-state index in [2.05, 4.69) is 30.2 Å². The van der Waals surface area contributed by atoms with Crippen LogP contribution in [0, 0.1) is 29.4 Å². The average molecular weight is 1490 g/mol. The highest BCUT2D eigenvalue weighted by atomic mass is 35.5. The van der Waals surface area contributed by atoms with Crippen molar-refractivity contribution in [1.29, 1.82) is 0 Å². The molecule has 6 aliphatic heterocycles. The molecule has 106 heavy (non-hydrogen) atoms. The van der Waals surface area contributed by atoms with Crippen molar-refractivity contribution in [2.75, 3.05) is 39.3 Å². The van der Waals surface area contributed by atoms with Crippen LogP contribution in [0.5, 0.6) is 0 Å². The van der Waals surface area contributed by atoms with Gasteiger partial charge >= 0.3 is 11.9 Å². The van der Waals surface area contributed by atoms with Gasteiger partial charge in [0.2, 0.25) is 24.0 Å². The SMILES string of the molecule is C.C.CC(C)[C@H](C)C(=O)N1CC=C(c2cccc3c2CCN(C(=O)[C@H]2CC(c4cccc(Cl)c4F)=NO2)[C@@H]3C(=O)Cc2ccc(C(=O)OC(C)(C)C)cc2)CC1.CC(C)[C@H](N)C(=O)N1CC=C(c2cccc3c2CCN(C(=O)[C@H]2CC(c4cccc(Cl)c4F)=NO2)[C@@H]3C(=O)Cc2ccc(C(=O)O)cc2)CC1. The van der Waals surface area contributed by atoms with E-state index in [4.69, 9.17) is 43.3 Å². The number of Topliss-reactive ketones (excluding diaryl/α,β-unsaturated/α-hetero) is 2. The standard InChI is InChI=1S/C43H47ClFN3O6.C38H38ClFN4O6.2CH4/c1-25(2)26(3)40(50)47-20-17-28(18-21-47)30-9-7-10-32-31(30)19-22-48(41(51)37-24-35(46-54-37)33-11-8-12-34(44)38(33)45)39(32)36(49)23-27-13-15-29(16-14-27)42(52)53-43(4,5)6;1-21(2)34(41)37(47)43-16-13-23(14-17-43)25-5-3-6-27-26(25)15-18-44(35(27)31(45)19-22-9-11-24(12-10-22)38(48)49)36(46)32-20-30(42-50-32)28-7-4-8-29(39)33(28)40;;/h7-17,25-26,37,39H,18-24H2,1-6H3;3-13,21,32,34-35H,14-20,41H2,1-2H3,(H,48,49);2*1H4/t26-,37+,39-;32-,34+,35+;;/m01../s1. The molecule has 0 unspecified atom stereocenters. The van der Waals surface area contributed by atoms with Crippen LogP contribution in [0.4, 0.5) is 8.78 Å². The van der Waals surface area contributed by atoms with Gasteiger partial charge in [0.15, 0.2) is 23.2 Å². The van der Waals surface area contributed by atoms with Gasteiger partial charge in [-0.2, -0.15) is 0 Å². The number of hydrogen-bond acceptors (Lipinski definition) is 14. The summed E-state index contributed by atoms with van der Waals surface area (Å²) >= 11 is 12.0. The van der Waals surface area contributed by atoms with Crippen molar-refractivity contribution in [3.05, 3.63) is 222 Å². The Balaban J connectivity index is 0.000000241. The molecule has 3 N–H and O–H groups in total. The van der Waals surface area contributed by atoms with Crippen molar-refractivity contribution in [3.63, 3.8) is 0 Å². The summed E-state index contributed by atoms with van der Waals surface area (Å²) in [6.07, 6.45) is 4.24. The maximum atomic E-state index is 14.9. The molecule has 6 atom stereocenters. The molecule has 0 aliphatic carbocycles. The lowest BCUT2D eigenvalue weighted by Crippen LogP contribution is -2.48. The van der Waals surface area contributed by atoms with E-state index >= 15 is 0 Å². The number of amides is 4. The van der Waals surface area contributed by atoms with Gasteiger partial charge in [0.05, 0.1) is 38.6 Å². The Bertz CT molecular complexity index is 4490. The fourth-order valence-corrected chi connectivity index (χ4v) is 14.4. The van der Waals surface area contributed by atoms with Crippen molar-refractivity contribution in [2.24, 2.45) is 33.8 Å². The predicted molar refractivity (Wildman–Crippen MR) is 405 cm³/mol. The third kappa shape index (κ3) is 17.7. The average Bonchev–Trinajstić information content (AvgIpc) is 0.988. The number of ether oxygens (including phenoxy) is 1. The summed E-state index contributed by atoms with van der Waals surface area (Å²) in [6.45, 7) is 17.8. The quantitative estimate of drug-likeness (QED) is 0.0761. The molecule has 6 heterocycles. The number of esters is 1. The summed E-state index contributed by atoms with van der Waals surface area (Å²) in [5, 5.41) is 17.3. The van der Waals surface area contributed by atoms with Crippen LogP contribution >= 0.6 is 23.2 Å². The van der Waals surface area contributed by atoms with Gasteiger partial charge in [0.1, 0.15) is 17.7 Å². The molecule has 23 heteroatoms. The fourth-order valence-electron chi connectivity index (χ4n) is 14.0. The number of oxime groups is 2. The van der Waals surface area contributed by atoms with Crippen LogP contribution in [0.2, 0.25) is 10.0 Å². The number of carbonyl (C=O) groups excluding carboxylic acids is 7. The first kappa shape index (κ1) is 80.4. The second kappa shape index (κ2) is 34.2. The minimum Gasteiger partial charge on any atom is -0.478 e. The van der Waals surface area contributed by atoms with E-state index in [9.17, 15) is 52.2 Å². The van der Waals surface area contributed by atoms with Gasteiger partial charge in [-0.25, -0.2) is 18.4 Å². The summed E-state index contributed by atoms with van der Waals surface area (Å²) in [4.78, 5) is 125. The molecule has 560 valence electrons. The molecule has 0 saturated heterocycles. The number of hydrogen-bond donors (Lipinski definition) is 2. The van der Waals surface area contributed by atoms with Gasteiger partial charge in [-0.3, -0.25) is 28.8 Å². The van der Waals surface area contributed by atoms with Crippen LogP contribution in [0.3, 0.4) is 0 Å². The second-order valence-corrected chi connectivity index (χ2v) is 29.6. The predicted octanol–water partition coefficient (Wildman–Crippen LogP) is 14.3. The molecule has 19 nitrogen and oxygen atoms in total. The number of rotatable bonds is 18. The van der Waals surface area contributed by atoms with E-state index in [1.54, 1.807) is 79.1 Å². The fraction of sp³-hybridized carbons (Fsp3) is 0.398. The number of nitrogens with two attached hydrogens (primary N) is 1. The van der Waals surface area contributed by atoms with Crippen LogP contribution in [-0.4, -0.2) is 146 Å². The molecule has 0 saturated carbocycles. The molecular weight excluding hydrogens is 1400 g/mol. The Morgan fingerprint density at radius 3 is 1.35 bits per heavy atom. The van der Waals surface area contributed by atoms with Crippen molar-refractivity contribution in [1.82, 2.24) is 19.6 Å². The molecular formula is C83H93Cl2F2N7O12. The molecule has 0 aromatic heterocycles. The van der Waals surface area contributed by atoms with Crippen LogP contribution in [-0.2, 0) is 68.9 Å². The zero-order valence-corrected chi connectivity index (χ0v) is 60.9. The number of halogens is 4. The largest absolute Gasteiger partial charge is 0.478 e. The zero-order chi connectivity index (χ0) is 74.6. The number of ketones is 2. The lowest BCUT2D eigenvalue weighted by atomic mass is 9.82. The van der Waals surface area contributed by atoms with E-state index in [0.717, 1.165) is 39.0 Å². The van der Waals surface area contributed by atoms with Crippen LogP contribution in [0.15, 0.2) is 144 Å². The number of carbonyl (C=O) groups is 8. The van der Waals surface area contributed by atoms with E-state index in [1.165, 1.54) is 41.3 Å². The normalized spacial score (nSPS) is 18.8. The van der Waals surface area contributed by atoms with Crippen molar-refractivity contribution in [3.8, 4) is 0 Å². The summed E-state index contributed by atoms with van der Waals surface area (Å²) in [7, 11) is 0. The van der Waals surface area contributed by atoms with Crippen molar-refractivity contribution >= 4 is 92.9 Å². The van der Waals surface area contributed by atoms with Gasteiger partial charge < -0.3 is 44.9 Å². The Labute approximate surface area is 628 Å². The lowest BCUT2D eigenvalue weighted by molar-refractivity contribution is -0.149. The van der Waals surface area contributed by atoms with Crippen LogP contribution in [0.1, 0.15) is 184 Å². The first-order chi connectivity index (χ1) is 49.6. The number of nitrogens with zero attached hydrogens (tertiary/aromatic N) is 6. The summed E-state index contributed by atoms with van der Waals surface area (Å²) in [5.74, 6) is -3.88. The Hall–Kier alpha value is -9.70. The van der Waals surface area contributed by atoms with E-state index < -0.39 is 71.3 Å². The molecule has 0 bridgehead atoms. The molecule has 0 spiro atoms. The first-order valence-electron chi connectivity index (χ1n) is 35.2. The summed E-state index contributed by atoms with van der Waals surface area (Å²) < 4.78 is 35.2. The van der Waals surface area contributed by atoms with Gasteiger partial charge in [-0.15, -0.1) is 0 Å². The molecule has 0 radical (unpaired) electrons. The van der Waals surface area contributed by atoms with Crippen LogP contribution < -0.4 is 5.73 Å². The molecule has 6 aliphatic rings. The minimum absolute atomic E-state index is 0. The third-order valence-corrected chi connectivity index (χ3v) is 20.7. The van der Waals surface area contributed by atoms with Gasteiger partial charge in [-0.05, 0) is 162 Å². The molecule has 12 rings (SSSR count). The molecule has 0 fully saturated rings. The zero-order valence-electron chi connectivity index (χ0n) is 59.4. The van der Waals surface area contributed by atoms with Crippen molar-refractivity contribution < 1.29 is 66.7 Å². The Morgan fingerprint density at radius 2 is 0.962 bits per heavy atom. The maximum Gasteiger partial charge on any atom is 0.338 e. The van der Waals surface area contributed by atoms with E-state index in [1.807, 2.05) is 68.1 Å². The molecule has 4 amide bonds. The topological polar surface area (TPSA) is 248 Å². The minimum atomic E-state index is -1.07. The van der Waals surface area contributed by atoms with Crippen molar-refractivity contribution in [2.45, 2.75) is 158 Å². The highest BCUT2D eigenvalue weighted by Crippen LogP contribution is 2.41. The number of carboxylic acid groups (broad SMARTS) is 1.